The van der Waals surface area contributed by atoms with E-state index in [4.69, 9.17) is 9.47 Å². The van der Waals surface area contributed by atoms with E-state index in [0.717, 1.165) is 29.6 Å². The summed E-state index contributed by atoms with van der Waals surface area (Å²) < 4.78 is 10.6. The summed E-state index contributed by atoms with van der Waals surface area (Å²) in [7, 11) is 5.07. The third-order valence-electron chi connectivity index (χ3n) is 3.55. The maximum Gasteiger partial charge on any atom is 0.191 e. The van der Waals surface area contributed by atoms with Gasteiger partial charge in [-0.3, -0.25) is 4.99 Å². The van der Waals surface area contributed by atoms with Crippen LogP contribution in [0.2, 0.25) is 0 Å². The van der Waals surface area contributed by atoms with Crippen molar-refractivity contribution < 1.29 is 9.47 Å². The van der Waals surface area contributed by atoms with E-state index in [1.807, 2.05) is 18.2 Å². The van der Waals surface area contributed by atoms with E-state index in [1.165, 1.54) is 10.4 Å². The van der Waals surface area contributed by atoms with Gasteiger partial charge in [0.2, 0.25) is 0 Å². The molecule has 0 aliphatic carbocycles. The minimum absolute atomic E-state index is 0. The summed E-state index contributed by atoms with van der Waals surface area (Å²) >= 11 is 1.75. The molecule has 0 spiro atoms. The van der Waals surface area contributed by atoms with E-state index in [-0.39, 0.29) is 24.0 Å². The molecule has 0 unspecified atom stereocenters. The molecule has 2 aromatic rings. The van der Waals surface area contributed by atoms with Crippen LogP contribution in [0, 0.1) is 6.92 Å². The summed E-state index contributed by atoms with van der Waals surface area (Å²) in [6.07, 6.45) is 0. The number of rotatable bonds is 6. The molecule has 7 heteroatoms. The van der Waals surface area contributed by atoms with Gasteiger partial charge in [0.1, 0.15) is 11.5 Å². The molecule has 24 heavy (non-hydrogen) atoms. The molecule has 5 nitrogen and oxygen atoms in total. The summed E-state index contributed by atoms with van der Waals surface area (Å²) in [5.74, 6) is 2.33. The zero-order chi connectivity index (χ0) is 16.7. The molecule has 132 valence electrons. The number of ether oxygens (including phenoxy) is 2. The van der Waals surface area contributed by atoms with E-state index >= 15 is 0 Å². The van der Waals surface area contributed by atoms with Crippen molar-refractivity contribution in [3.05, 3.63) is 45.6 Å². The number of nitrogens with zero attached hydrogens (tertiary/aromatic N) is 1. The van der Waals surface area contributed by atoms with Gasteiger partial charge in [-0.2, -0.15) is 0 Å². The molecule has 0 aliphatic rings. The van der Waals surface area contributed by atoms with Crippen LogP contribution in [-0.2, 0) is 13.1 Å². The van der Waals surface area contributed by atoms with Crippen LogP contribution in [0.25, 0.3) is 0 Å². The van der Waals surface area contributed by atoms with Gasteiger partial charge in [0.25, 0.3) is 0 Å². The average molecular weight is 461 g/mol. The molecule has 0 fully saturated rings. The summed E-state index contributed by atoms with van der Waals surface area (Å²) in [5, 5.41) is 8.73. The number of guanidine groups is 1. The number of aliphatic imine (C=N–C) groups is 1. The van der Waals surface area contributed by atoms with Crippen molar-refractivity contribution in [2.45, 2.75) is 20.0 Å². The van der Waals surface area contributed by atoms with Gasteiger partial charge >= 0.3 is 0 Å². The highest BCUT2D eigenvalue weighted by Gasteiger charge is 2.07. The van der Waals surface area contributed by atoms with Gasteiger partial charge in [-0.15, -0.1) is 35.3 Å². The lowest BCUT2D eigenvalue weighted by atomic mass is 10.2. The van der Waals surface area contributed by atoms with E-state index in [0.29, 0.717) is 6.54 Å². The van der Waals surface area contributed by atoms with Crippen LogP contribution in [0.5, 0.6) is 11.5 Å². The number of hydrogen-bond donors (Lipinski definition) is 2. The summed E-state index contributed by atoms with van der Waals surface area (Å²) in [4.78, 5) is 5.57. The largest absolute Gasteiger partial charge is 0.497 e. The predicted octanol–water partition coefficient (Wildman–Crippen LogP) is 3.56. The van der Waals surface area contributed by atoms with E-state index in [9.17, 15) is 0 Å². The Bertz CT molecular complexity index is 674. The molecule has 1 aromatic carbocycles. The summed E-state index contributed by atoms with van der Waals surface area (Å²) in [6.45, 7) is 3.51. The molecule has 0 saturated carbocycles. The lowest BCUT2D eigenvalue weighted by molar-refractivity contribution is 0.390. The lowest BCUT2D eigenvalue weighted by Crippen LogP contribution is -2.36. The fourth-order valence-corrected chi connectivity index (χ4v) is 2.99. The second-order valence-corrected chi connectivity index (χ2v) is 5.98. The molecule has 1 heterocycles. The molecule has 0 atom stereocenters. The van der Waals surface area contributed by atoms with Gasteiger partial charge in [-0.25, -0.2) is 0 Å². The number of thiophene rings is 1. The van der Waals surface area contributed by atoms with Crippen molar-refractivity contribution in [3.8, 4) is 11.5 Å². The van der Waals surface area contributed by atoms with Gasteiger partial charge in [0.05, 0.1) is 20.8 Å². The number of hydrogen-bond acceptors (Lipinski definition) is 4. The van der Waals surface area contributed by atoms with E-state index in [2.05, 4.69) is 34.0 Å². The average Bonchev–Trinajstić information content (AvgIpc) is 3.00. The Labute approximate surface area is 164 Å². The minimum Gasteiger partial charge on any atom is -0.497 e. The molecular weight excluding hydrogens is 437 g/mol. The van der Waals surface area contributed by atoms with Crippen molar-refractivity contribution in [1.29, 1.82) is 0 Å². The molecular formula is C17H24IN3O2S. The molecule has 2 rings (SSSR count). The second-order valence-electron chi connectivity index (χ2n) is 4.98. The van der Waals surface area contributed by atoms with Crippen LogP contribution in [0.4, 0.5) is 0 Å². The molecule has 2 N–H and O–H groups in total. The number of halogens is 1. The van der Waals surface area contributed by atoms with Crippen LogP contribution < -0.4 is 20.1 Å². The topological polar surface area (TPSA) is 54.9 Å². The van der Waals surface area contributed by atoms with Crippen molar-refractivity contribution in [1.82, 2.24) is 10.6 Å². The summed E-state index contributed by atoms with van der Waals surface area (Å²) in [5.41, 5.74) is 2.35. The van der Waals surface area contributed by atoms with Gasteiger partial charge in [-0.05, 0) is 36.1 Å². The Morgan fingerprint density at radius 1 is 1.12 bits per heavy atom. The number of aryl methyl sites for hydroxylation is 1. The first kappa shape index (κ1) is 20.6. The maximum atomic E-state index is 5.41. The Morgan fingerprint density at radius 2 is 1.88 bits per heavy atom. The first-order valence-electron chi connectivity index (χ1n) is 7.36. The second kappa shape index (κ2) is 10.4. The molecule has 1 aromatic heterocycles. The van der Waals surface area contributed by atoms with Crippen molar-refractivity contribution in [3.63, 3.8) is 0 Å². The molecule has 0 radical (unpaired) electrons. The third kappa shape index (κ3) is 5.55. The highest BCUT2D eigenvalue weighted by atomic mass is 127. The number of benzene rings is 1. The smallest absolute Gasteiger partial charge is 0.191 e. The van der Waals surface area contributed by atoms with Crippen LogP contribution in [0.3, 0.4) is 0 Å². The molecule has 0 aliphatic heterocycles. The van der Waals surface area contributed by atoms with Gasteiger partial charge < -0.3 is 20.1 Å². The molecule has 0 amide bonds. The van der Waals surface area contributed by atoms with Crippen LogP contribution >= 0.6 is 35.3 Å². The number of methoxy groups -OCH3 is 2. The fourth-order valence-electron chi connectivity index (χ4n) is 2.15. The number of nitrogens with one attached hydrogen (secondary N) is 2. The monoisotopic (exact) mass is 461 g/mol. The fraction of sp³-hybridized carbons (Fsp3) is 0.353. The van der Waals surface area contributed by atoms with Crippen LogP contribution in [0.15, 0.2) is 34.6 Å². The Kier molecular flexibility index (Phi) is 8.91. The van der Waals surface area contributed by atoms with Crippen molar-refractivity contribution in [2.75, 3.05) is 21.3 Å². The lowest BCUT2D eigenvalue weighted by Gasteiger charge is -2.14. The quantitative estimate of drug-likeness (QED) is 0.393. The summed E-state index contributed by atoms with van der Waals surface area (Å²) in [6, 6.07) is 7.91. The zero-order valence-corrected chi connectivity index (χ0v) is 17.5. The minimum atomic E-state index is 0. The van der Waals surface area contributed by atoms with Crippen LogP contribution in [0.1, 0.15) is 16.0 Å². The molecule has 0 bridgehead atoms. The SMILES string of the molecule is CN=C(NCc1ccc(OC)cc1OC)NCc1sccc1C.I. The van der Waals surface area contributed by atoms with Gasteiger partial charge in [-0.1, -0.05) is 0 Å². The first-order chi connectivity index (χ1) is 11.2. The first-order valence-corrected chi connectivity index (χ1v) is 8.24. The zero-order valence-electron chi connectivity index (χ0n) is 14.4. The normalized spacial score (nSPS) is 10.8. The maximum absolute atomic E-state index is 5.41. The highest BCUT2D eigenvalue weighted by Crippen LogP contribution is 2.24. The van der Waals surface area contributed by atoms with Gasteiger partial charge in [0, 0.05) is 30.1 Å². The van der Waals surface area contributed by atoms with Crippen LogP contribution in [-0.4, -0.2) is 27.2 Å². The predicted molar refractivity (Wildman–Crippen MR) is 111 cm³/mol. The van der Waals surface area contributed by atoms with Crippen molar-refractivity contribution in [2.24, 2.45) is 4.99 Å². The third-order valence-corrected chi connectivity index (χ3v) is 4.57. The van der Waals surface area contributed by atoms with E-state index < -0.39 is 0 Å². The van der Waals surface area contributed by atoms with Gasteiger partial charge in [0.15, 0.2) is 5.96 Å². The standard InChI is InChI=1S/C17H23N3O2S.HI/c1-12-7-8-23-16(12)11-20-17(18-2)19-10-13-5-6-14(21-3)9-15(13)22-4;/h5-9H,10-11H2,1-4H3,(H2,18,19,20);1H. The Balaban J connectivity index is 0.00000288. The highest BCUT2D eigenvalue weighted by molar-refractivity contribution is 14.0. The Hall–Kier alpha value is -1.48. The molecule has 0 saturated heterocycles. The van der Waals surface area contributed by atoms with E-state index in [1.54, 1.807) is 32.6 Å². The van der Waals surface area contributed by atoms with Crippen molar-refractivity contribution >= 4 is 41.3 Å². The Morgan fingerprint density at radius 3 is 2.46 bits per heavy atom.